The van der Waals surface area contributed by atoms with Gasteiger partial charge < -0.3 is 14.9 Å². The molecule has 2 saturated heterocycles. The summed E-state index contributed by atoms with van der Waals surface area (Å²) in [5.74, 6) is -0.0662. The molecule has 2 fully saturated rings. The van der Waals surface area contributed by atoms with E-state index >= 15 is 0 Å². The Hall–Kier alpha value is -1.44. The third-order valence-corrected chi connectivity index (χ3v) is 6.28. The summed E-state index contributed by atoms with van der Waals surface area (Å²) in [5.41, 5.74) is 0.675. The Morgan fingerprint density at radius 1 is 1.14 bits per heavy atom. The van der Waals surface area contributed by atoms with Gasteiger partial charge in [0.2, 0.25) is 0 Å². The molecule has 7 heteroatoms. The van der Waals surface area contributed by atoms with Crippen LogP contribution in [0.3, 0.4) is 0 Å². The number of rotatable bonds is 2. The van der Waals surface area contributed by atoms with Gasteiger partial charge in [-0.25, -0.2) is 8.42 Å². The zero-order valence-electron chi connectivity index (χ0n) is 12.3. The predicted octanol–water partition coefficient (Wildman–Crippen LogP) is -1.81. The monoisotopic (exact) mass is 325 g/mol. The van der Waals surface area contributed by atoms with E-state index in [0.717, 1.165) is 4.90 Å². The number of piperazine rings is 1. The number of aliphatic hydroxyl groups is 1. The molecular formula is C15H21N2O4S+. The van der Waals surface area contributed by atoms with Gasteiger partial charge in [-0.05, 0) is 12.1 Å². The van der Waals surface area contributed by atoms with Crippen molar-refractivity contribution in [3.63, 3.8) is 0 Å². The van der Waals surface area contributed by atoms with Crippen LogP contribution in [0.4, 0.5) is 0 Å². The first kappa shape index (κ1) is 15.5. The van der Waals surface area contributed by atoms with E-state index in [1.54, 1.807) is 17.0 Å². The number of sulfone groups is 1. The highest BCUT2D eigenvalue weighted by Gasteiger charge is 2.44. The second-order valence-electron chi connectivity index (χ2n) is 6.07. The summed E-state index contributed by atoms with van der Waals surface area (Å²) in [7, 11) is -3.12. The second kappa shape index (κ2) is 5.98. The fourth-order valence-electron chi connectivity index (χ4n) is 3.35. The molecule has 0 aliphatic carbocycles. The number of carbonyl (C=O) groups is 1. The minimum Gasteiger partial charge on any atom is -0.386 e. The molecule has 120 valence electrons. The number of carbonyl (C=O) groups excluding carboxylic acids is 1. The maximum absolute atomic E-state index is 12.4. The zero-order valence-corrected chi connectivity index (χ0v) is 13.1. The molecule has 0 spiro atoms. The highest BCUT2D eigenvalue weighted by atomic mass is 32.2. The van der Waals surface area contributed by atoms with Crippen LogP contribution in [-0.4, -0.2) is 74.2 Å². The van der Waals surface area contributed by atoms with Crippen LogP contribution in [0, 0.1) is 0 Å². The van der Waals surface area contributed by atoms with Crippen molar-refractivity contribution in [2.24, 2.45) is 0 Å². The van der Waals surface area contributed by atoms with E-state index in [0.29, 0.717) is 31.7 Å². The summed E-state index contributed by atoms with van der Waals surface area (Å²) in [6.07, 6.45) is -0.781. The van der Waals surface area contributed by atoms with Crippen molar-refractivity contribution < 1.29 is 23.2 Å². The van der Waals surface area contributed by atoms with Crippen LogP contribution < -0.4 is 4.90 Å². The van der Waals surface area contributed by atoms with Gasteiger partial charge in [0.15, 0.2) is 9.84 Å². The average Bonchev–Trinajstić information content (AvgIpc) is 2.80. The van der Waals surface area contributed by atoms with Gasteiger partial charge in [-0.1, -0.05) is 18.2 Å². The summed E-state index contributed by atoms with van der Waals surface area (Å²) < 4.78 is 23.2. The molecule has 1 amide bonds. The molecule has 1 aromatic carbocycles. The van der Waals surface area contributed by atoms with Crippen LogP contribution in [0.2, 0.25) is 0 Å². The molecule has 0 unspecified atom stereocenters. The van der Waals surface area contributed by atoms with Crippen LogP contribution in [0.1, 0.15) is 10.4 Å². The van der Waals surface area contributed by atoms with Gasteiger partial charge in [-0.15, -0.1) is 0 Å². The summed E-state index contributed by atoms with van der Waals surface area (Å²) >= 11 is 0. The largest absolute Gasteiger partial charge is 0.386 e. The number of quaternary nitrogens is 1. The molecule has 22 heavy (non-hydrogen) atoms. The second-order valence-corrected chi connectivity index (χ2v) is 8.22. The molecule has 2 atom stereocenters. The smallest absolute Gasteiger partial charge is 0.254 e. The third-order valence-electron chi connectivity index (χ3n) is 4.56. The molecule has 0 radical (unpaired) electrons. The van der Waals surface area contributed by atoms with Gasteiger partial charge in [0.05, 0.1) is 31.9 Å². The standard InChI is InChI=1S/C15H20N2O4S/c18-14-11-22(20,21)10-13(14)16-6-8-17(9-7-16)15(19)12-4-2-1-3-5-12/h1-5,13-14,18H,6-11H2/p+1/t13-,14+/m1/s1. The molecule has 0 bridgehead atoms. The molecule has 6 nitrogen and oxygen atoms in total. The van der Waals surface area contributed by atoms with E-state index in [-0.39, 0.29) is 23.5 Å². The highest BCUT2D eigenvalue weighted by molar-refractivity contribution is 7.91. The number of hydrogen-bond donors (Lipinski definition) is 2. The van der Waals surface area contributed by atoms with Gasteiger partial charge in [0, 0.05) is 5.56 Å². The molecule has 3 rings (SSSR count). The Bertz CT molecular complexity index is 639. The fraction of sp³-hybridized carbons (Fsp3) is 0.533. The minimum atomic E-state index is -3.12. The molecule has 2 heterocycles. The summed E-state index contributed by atoms with van der Waals surface area (Å²) in [4.78, 5) is 15.3. The van der Waals surface area contributed by atoms with Crippen molar-refractivity contribution in [1.29, 1.82) is 0 Å². The van der Waals surface area contributed by atoms with E-state index in [1.165, 1.54) is 0 Å². The van der Waals surface area contributed by atoms with Crippen molar-refractivity contribution in [3.05, 3.63) is 35.9 Å². The lowest BCUT2D eigenvalue weighted by molar-refractivity contribution is -0.929. The Labute approximate surface area is 130 Å². The number of hydrogen-bond acceptors (Lipinski definition) is 4. The lowest BCUT2D eigenvalue weighted by Crippen LogP contribution is -3.19. The van der Waals surface area contributed by atoms with E-state index in [2.05, 4.69) is 0 Å². The van der Waals surface area contributed by atoms with Gasteiger partial charge >= 0.3 is 0 Å². The molecule has 0 saturated carbocycles. The Kier molecular flexibility index (Phi) is 4.20. The van der Waals surface area contributed by atoms with Gasteiger partial charge in [-0.3, -0.25) is 4.79 Å². The topological polar surface area (TPSA) is 79.1 Å². The Balaban J connectivity index is 1.60. The number of aliphatic hydroxyl groups excluding tert-OH is 1. The van der Waals surface area contributed by atoms with Crippen LogP contribution >= 0.6 is 0 Å². The highest BCUT2D eigenvalue weighted by Crippen LogP contribution is 2.11. The fourth-order valence-corrected chi connectivity index (χ4v) is 5.24. The Morgan fingerprint density at radius 3 is 2.32 bits per heavy atom. The van der Waals surface area contributed by atoms with E-state index in [9.17, 15) is 18.3 Å². The molecule has 1 aromatic rings. The van der Waals surface area contributed by atoms with Crippen LogP contribution in [0.5, 0.6) is 0 Å². The van der Waals surface area contributed by atoms with Crippen LogP contribution in [0.25, 0.3) is 0 Å². The molecule has 2 aliphatic heterocycles. The maximum atomic E-state index is 12.4. The minimum absolute atomic E-state index is 0.0132. The number of amides is 1. The SMILES string of the molecule is O=C(c1ccccc1)N1CC[NH+]([C@@H]2CS(=O)(=O)C[C@@H]2O)CC1. The van der Waals surface area contributed by atoms with Crippen molar-refractivity contribution in [3.8, 4) is 0 Å². The van der Waals surface area contributed by atoms with Crippen molar-refractivity contribution in [2.75, 3.05) is 37.7 Å². The quantitative estimate of drug-likeness (QED) is 0.671. The summed E-state index contributed by atoms with van der Waals surface area (Å²) in [5, 5.41) is 9.95. The van der Waals surface area contributed by atoms with Crippen LogP contribution in [0.15, 0.2) is 30.3 Å². The first-order chi connectivity index (χ1) is 10.5. The maximum Gasteiger partial charge on any atom is 0.254 e. The van der Waals surface area contributed by atoms with E-state index in [1.807, 2.05) is 18.2 Å². The van der Waals surface area contributed by atoms with E-state index < -0.39 is 15.9 Å². The van der Waals surface area contributed by atoms with E-state index in [4.69, 9.17) is 0 Å². The van der Waals surface area contributed by atoms with Crippen molar-refractivity contribution >= 4 is 15.7 Å². The lowest BCUT2D eigenvalue weighted by atomic mass is 10.1. The molecule has 0 aromatic heterocycles. The lowest BCUT2D eigenvalue weighted by Gasteiger charge is -2.35. The van der Waals surface area contributed by atoms with Crippen molar-refractivity contribution in [1.82, 2.24) is 4.90 Å². The molecule has 2 N–H and O–H groups in total. The average molecular weight is 325 g/mol. The van der Waals surface area contributed by atoms with Crippen LogP contribution in [-0.2, 0) is 9.84 Å². The third kappa shape index (κ3) is 3.16. The van der Waals surface area contributed by atoms with Gasteiger partial charge in [0.25, 0.3) is 5.91 Å². The predicted molar refractivity (Wildman–Crippen MR) is 81.5 cm³/mol. The van der Waals surface area contributed by atoms with Gasteiger partial charge in [0.1, 0.15) is 17.9 Å². The summed E-state index contributed by atoms with van der Waals surface area (Å²) in [6.45, 7) is 2.53. The number of nitrogens with one attached hydrogen (secondary N) is 1. The molecule has 2 aliphatic rings. The molecular weight excluding hydrogens is 304 g/mol. The summed E-state index contributed by atoms with van der Waals surface area (Å²) in [6, 6.07) is 8.91. The first-order valence-corrected chi connectivity index (χ1v) is 9.36. The number of nitrogens with zero attached hydrogens (tertiary/aromatic N) is 1. The van der Waals surface area contributed by atoms with Gasteiger partial charge in [-0.2, -0.15) is 0 Å². The zero-order chi connectivity index (χ0) is 15.7. The number of benzene rings is 1. The van der Waals surface area contributed by atoms with Crippen molar-refractivity contribution in [2.45, 2.75) is 12.1 Å². The normalized spacial score (nSPS) is 28.7. The Morgan fingerprint density at radius 2 is 1.77 bits per heavy atom. The first-order valence-electron chi connectivity index (χ1n) is 7.54.